The number of anilines is 2. The summed E-state index contributed by atoms with van der Waals surface area (Å²) < 4.78 is 0. The van der Waals surface area contributed by atoms with E-state index in [4.69, 9.17) is 11.6 Å². The number of rotatable bonds is 5. The van der Waals surface area contributed by atoms with E-state index in [9.17, 15) is 0 Å². The molecule has 0 unspecified atom stereocenters. The quantitative estimate of drug-likeness (QED) is 0.872. The molecule has 0 aliphatic rings. The van der Waals surface area contributed by atoms with Crippen LogP contribution in [0.5, 0.6) is 0 Å². The third kappa shape index (κ3) is 3.54. The lowest BCUT2D eigenvalue weighted by Crippen LogP contribution is -2.09. The van der Waals surface area contributed by atoms with Crippen LogP contribution in [0.4, 0.5) is 11.9 Å². The van der Waals surface area contributed by atoms with Crippen LogP contribution >= 0.6 is 22.9 Å². The van der Waals surface area contributed by atoms with Crippen LogP contribution in [0.1, 0.15) is 4.88 Å². The van der Waals surface area contributed by atoms with E-state index in [0.29, 0.717) is 11.9 Å². The molecule has 0 saturated carbocycles. The van der Waals surface area contributed by atoms with Crippen molar-refractivity contribution >= 4 is 34.8 Å². The molecule has 7 heteroatoms. The van der Waals surface area contributed by atoms with Crippen molar-refractivity contribution in [3.05, 3.63) is 27.7 Å². The number of nitrogens with one attached hydrogen (secondary N) is 2. The molecule has 0 amide bonds. The predicted molar refractivity (Wildman–Crippen MR) is 70.9 cm³/mol. The lowest BCUT2D eigenvalue weighted by atomic mass is 10.3. The molecule has 90 valence electrons. The summed E-state index contributed by atoms with van der Waals surface area (Å²) in [5.41, 5.74) is 0. The Hall–Kier alpha value is -1.40. The molecule has 0 aliphatic carbocycles. The summed E-state index contributed by atoms with van der Waals surface area (Å²) in [5, 5.41) is 8.19. The van der Waals surface area contributed by atoms with Crippen molar-refractivity contribution in [2.75, 3.05) is 24.2 Å². The van der Waals surface area contributed by atoms with E-state index in [1.807, 2.05) is 6.07 Å². The number of nitrogens with zero attached hydrogens (tertiary/aromatic N) is 3. The van der Waals surface area contributed by atoms with Crippen molar-refractivity contribution in [2.24, 2.45) is 0 Å². The Balaban J connectivity index is 1.92. The number of hydrogen-bond acceptors (Lipinski definition) is 6. The molecular formula is C10H12ClN5S. The highest BCUT2D eigenvalue weighted by atomic mass is 35.5. The smallest absolute Gasteiger partial charge is 0.228 e. The van der Waals surface area contributed by atoms with Crippen LogP contribution in [0.2, 0.25) is 5.28 Å². The standard InChI is InChI=1S/C10H12ClN5S/c1-12-9-14-8(11)15-10(16-9)13-5-4-7-3-2-6-17-7/h2-3,6H,4-5H2,1H3,(H2,12,13,14,15,16). The van der Waals surface area contributed by atoms with E-state index in [2.05, 4.69) is 37.0 Å². The molecule has 2 aromatic rings. The minimum Gasteiger partial charge on any atom is -0.357 e. The number of thiophene rings is 1. The summed E-state index contributed by atoms with van der Waals surface area (Å²) in [7, 11) is 1.74. The molecule has 2 heterocycles. The van der Waals surface area contributed by atoms with Gasteiger partial charge >= 0.3 is 0 Å². The van der Waals surface area contributed by atoms with E-state index in [1.54, 1.807) is 18.4 Å². The molecule has 0 radical (unpaired) electrons. The first kappa shape index (κ1) is 12.1. The summed E-state index contributed by atoms with van der Waals surface area (Å²) >= 11 is 7.50. The second-order valence-electron chi connectivity index (χ2n) is 3.26. The lowest BCUT2D eigenvalue weighted by Gasteiger charge is -2.05. The Bertz CT molecular complexity index is 474. The SMILES string of the molecule is CNc1nc(Cl)nc(NCCc2cccs2)n1. The number of hydrogen-bond donors (Lipinski definition) is 2. The minimum atomic E-state index is 0.183. The van der Waals surface area contributed by atoms with Gasteiger partial charge in [0.05, 0.1) is 0 Å². The number of halogens is 1. The fourth-order valence-electron chi connectivity index (χ4n) is 1.29. The Labute approximate surface area is 108 Å². The molecule has 0 atom stereocenters. The van der Waals surface area contributed by atoms with Crippen LogP contribution < -0.4 is 10.6 Å². The summed E-state index contributed by atoms with van der Waals surface area (Å²) in [6, 6.07) is 4.14. The normalized spacial score (nSPS) is 10.2. The number of aromatic nitrogens is 3. The van der Waals surface area contributed by atoms with Crippen LogP contribution in [-0.4, -0.2) is 28.5 Å². The molecule has 2 N–H and O–H groups in total. The first-order valence-corrected chi connectivity index (χ1v) is 6.39. The maximum Gasteiger partial charge on any atom is 0.228 e. The Morgan fingerprint density at radius 1 is 1.29 bits per heavy atom. The Kier molecular flexibility index (Phi) is 4.11. The van der Waals surface area contributed by atoms with Gasteiger partial charge in [0.2, 0.25) is 17.2 Å². The fourth-order valence-corrected chi connectivity index (χ4v) is 2.16. The third-order valence-corrected chi connectivity index (χ3v) is 3.17. The second-order valence-corrected chi connectivity index (χ2v) is 4.63. The maximum atomic E-state index is 5.77. The Morgan fingerprint density at radius 2 is 2.12 bits per heavy atom. The summed E-state index contributed by atoms with van der Waals surface area (Å²) in [6.07, 6.45) is 0.940. The van der Waals surface area contributed by atoms with Crippen molar-refractivity contribution in [1.29, 1.82) is 0 Å². The maximum absolute atomic E-state index is 5.77. The van der Waals surface area contributed by atoms with Gasteiger partial charge in [-0.3, -0.25) is 0 Å². The van der Waals surface area contributed by atoms with Gasteiger partial charge in [-0.2, -0.15) is 15.0 Å². The van der Waals surface area contributed by atoms with Gasteiger partial charge in [0, 0.05) is 18.5 Å². The van der Waals surface area contributed by atoms with Gasteiger partial charge in [-0.05, 0) is 29.5 Å². The summed E-state index contributed by atoms with van der Waals surface area (Å²) in [6.45, 7) is 0.768. The van der Waals surface area contributed by atoms with Crippen molar-refractivity contribution in [2.45, 2.75) is 6.42 Å². The van der Waals surface area contributed by atoms with Crippen molar-refractivity contribution in [1.82, 2.24) is 15.0 Å². The zero-order valence-corrected chi connectivity index (χ0v) is 10.8. The van der Waals surface area contributed by atoms with E-state index in [-0.39, 0.29) is 5.28 Å². The highest BCUT2D eigenvalue weighted by molar-refractivity contribution is 7.09. The van der Waals surface area contributed by atoms with Gasteiger partial charge in [0.15, 0.2) is 0 Å². The molecule has 0 spiro atoms. The molecule has 17 heavy (non-hydrogen) atoms. The highest BCUT2D eigenvalue weighted by Crippen LogP contribution is 2.11. The second kappa shape index (κ2) is 5.79. The zero-order chi connectivity index (χ0) is 12.1. The molecule has 2 rings (SSSR count). The minimum absolute atomic E-state index is 0.183. The van der Waals surface area contributed by atoms with E-state index >= 15 is 0 Å². The van der Waals surface area contributed by atoms with Gasteiger partial charge in [0.1, 0.15) is 0 Å². The molecule has 5 nitrogen and oxygen atoms in total. The average Bonchev–Trinajstić information content (AvgIpc) is 2.81. The molecule has 2 aromatic heterocycles. The van der Waals surface area contributed by atoms with E-state index in [0.717, 1.165) is 13.0 Å². The highest BCUT2D eigenvalue weighted by Gasteiger charge is 2.03. The first-order chi connectivity index (χ1) is 8.28. The monoisotopic (exact) mass is 269 g/mol. The largest absolute Gasteiger partial charge is 0.357 e. The fraction of sp³-hybridized carbons (Fsp3) is 0.300. The third-order valence-electron chi connectivity index (χ3n) is 2.07. The van der Waals surface area contributed by atoms with Gasteiger partial charge in [-0.1, -0.05) is 6.07 Å². The van der Waals surface area contributed by atoms with Crippen molar-refractivity contribution in [3.63, 3.8) is 0 Å². The summed E-state index contributed by atoms with van der Waals surface area (Å²) in [5.74, 6) is 0.953. The van der Waals surface area contributed by atoms with E-state index in [1.165, 1.54) is 4.88 Å². The topological polar surface area (TPSA) is 62.7 Å². The molecule has 0 aliphatic heterocycles. The average molecular weight is 270 g/mol. The zero-order valence-electron chi connectivity index (χ0n) is 9.27. The Morgan fingerprint density at radius 3 is 2.82 bits per heavy atom. The van der Waals surface area contributed by atoms with Gasteiger partial charge in [-0.25, -0.2) is 0 Å². The van der Waals surface area contributed by atoms with Crippen LogP contribution in [0.25, 0.3) is 0 Å². The van der Waals surface area contributed by atoms with Crippen molar-refractivity contribution < 1.29 is 0 Å². The van der Waals surface area contributed by atoms with Gasteiger partial charge in [-0.15, -0.1) is 11.3 Å². The molecule has 0 saturated heterocycles. The van der Waals surface area contributed by atoms with Gasteiger partial charge < -0.3 is 10.6 Å². The lowest BCUT2D eigenvalue weighted by molar-refractivity contribution is 0.974. The van der Waals surface area contributed by atoms with Crippen molar-refractivity contribution in [3.8, 4) is 0 Å². The van der Waals surface area contributed by atoms with Gasteiger partial charge in [0.25, 0.3) is 0 Å². The molecule has 0 aromatic carbocycles. The molecule has 0 fully saturated rings. The van der Waals surface area contributed by atoms with Crippen LogP contribution in [0, 0.1) is 0 Å². The van der Waals surface area contributed by atoms with E-state index < -0.39 is 0 Å². The van der Waals surface area contributed by atoms with Crippen LogP contribution in [-0.2, 0) is 6.42 Å². The summed E-state index contributed by atoms with van der Waals surface area (Å²) in [4.78, 5) is 13.4. The first-order valence-electron chi connectivity index (χ1n) is 5.13. The molecular weight excluding hydrogens is 258 g/mol. The van der Waals surface area contributed by atoms with Crippen LogP contribution in [0.3, 0.4) is 0 Å². The van der Waals surface area contributed by atoms with Crippen LogP contribution in [0.15, 0.2) is 17.5 Å². The predicted octanol–water partition coefficient (Wildman–Crippen LogP) is 2.28. The molecule has 0 bridgehead atoms.